The number of nitrogens with zero attached hydrogens (tertiary/aromatic N) is 3. The number of amides is 2. The monoisotopic (exact) mass is 280 g/mol. The van der Waals surface area contributed by atoms with E-state index in [0.29, 0.717) is 13.1 Å². The normalized spacial score (nSPS) is 19.1. The molecule has 1 aliphatic heterocycles. The van der Waals surface area contributed by atoms with Crippen molar-refractivity contribution >= 4 is 6.03 Å². The lowest BCUT2D eigenvalue weighted by Crippen LogP contribution is -2.45. The van der Waals surface area contributed by atoms with Crippen molar-refractivity contribution in [2.24, 2.45) is 13.0 Å². The van der Waals surface area contributed by atoms with E-state index in [-0.39, 0.29) is 18.6 Å². The summed E-state index contributed by atoms with van der Waals surface area (Å²) in [4.78, 5) is 13.9. The highest BCUT2D eigenvalue weighted by Crippen LogP contribution is 2.16. The van der Waals surface area contributed by atoms with E-state index in [2.05, 4.69) is 17.3 Å². The van der Waals surface area contributed by atoms with Crippen LogP contribution in [0.5, 0.6) is 0 Å². The summed E-state index contributed by atoms with van der Waals surface area (Å²) in [5.74, 6) is 0.221. The number of hydrogen-bond donors (Lipinski definition) is 2. The molecule has 0 bridgehead atoms. The van der Waals surface area contributed by atoms with E-state index in [1.807, 2.05) is 13.2 Å². The molecule has 2 heterocycles. The molecule has 0 aliphatic carbocycles. The summed E-state index contributed by atoms with van der Waals surface area (Å²) in [6.45, 7) is 4.15. The Labute approximate surface area is 119 Å². The number of carbonyl (C=O) groups is 1. The van der Waals surface area contributed by atoms with E-state index in [1.54, 1.807) is 9.58 Å². The molecule has 1 saturated heterocycles. The van der Waals surface area contributed by atoms with Crippen LogP contribution in [0.2, 0.25) is 0 Å². The number of nitrogens with one attached hydrogen (secondary N) is 1. The molecule has 0 aromatic carbocycles. The second-order valence-corrected chi connectivity index (χ2v) is 5.42. The molecule has 112 valence electrons. The zero-order valence-electron chi connectivity index (χ0n) is 12.3. The van der Waals surface area contributed by atoms with Gasteiger partial charge in [-0.25, -0.2) is 4.79 Å². The lowest BCUT2D eigenvalue weighted by atomic mass is 9.99. The van der Waals surface area contributed by atoms with Crippen LogP contribution in [0.1, 0.15) is 31.0 Å². The van der Waals surface area contributed by atoms with Crippen LogP contribution < -0.4 is 5.32 Å². The Bertz CT molecular complexity index is 458. The van der Waals surface area contributed by atoms with Crippen LogP contribution in [0.3, 0.4) is 0 Å². The van der Waals surface area contributed by atoms with Crippen LogP contribution in [-0.2, 0) is 20.0 Å². The molecule has 6 nitrogen and oxygen atoms in total. The second kappa shape index (κ2) is 6.74. The Hall–Kier alpha value is -1.56. The zero-order valence-corrected chi connectivity index (χ0v) is 12.3. The lowest BCUT2D eigenvalue weighted by Gasteiger charge is -2.31. The molecule has 1 unspecified atom stereocenters. The quantitative estimate of drug-likeness (QED) is 0.860. The largest absolute Gasteiger partial charge is 0.396 e. The van der Waals surface area contributed by atoms with Crippen LogP contribution in [0.15, 0.2) is 6.20 Å². The topological polar surface area (TPSA) is 70.4 Å². The third kappa shape index (κ3) is 3.50. The third-order valence-electron chi connectivity index (χ3n) is 3.82. The molecule has 2 N–H and O–H groups in total. The molecule has 1 aromatic rings. The van der Waals surface area contributed by atoms with Gasteiger partial charge in [0.05, 0.1) is 5.69 Å². The van der Waals surface area contributed by atoms with Crippen LogP contribution >= 0.6 is 0 Å². The molecule has 1 aliphatic rings. The Morgan fingerprint density at radius 3 is 3.10 bits per heavy atom. The fourth-order valence-corrected chi connectivity index (χ4v) is 2.71. The van der Waals surface area contributed by atoms with Crippen molar-refractivity contribution in [2.75, 3.05) is 19.7 Å². The molecule has 6 heteroatoms. The van der Waals surface area contributed by atoms with E-state index >= 15 is 0 Å². The van der Waals surface area contributed by atoms with Crippen molar-refractivity contribution in [3.8, 4) is 0 Å². The molecule has 1 aromatic heterocycles. The molecule has 0 spiro atoms. The van der Waals surface area contributed by atoms with Gasteiger partial charge in [-0.15, -0.1) is 0 Å². The van der Waals surface area contributed by atoms with E-state index in [4.69, 9.17) is 0 Å². The van der Waals surface area contributed by atoms with E-state index < -0.39 is 0 Å². The number of hydrogen-bond acceptors (Lipinski definition) is 3. The van der Waals surface area contributed by atoms with Gasteiger partial charge < -0.3 is 15.3 Å². The summed E-state index contributed by atoms with van der Waals surface area (Å²) in [7, 11) is 1.89. The van der Waals surface area contributed by atoms with Gasteiger partial charge in [0.1, 0.15) is 0 Å². The first-order valence-corrected chi connectivity index (χ1v) is 7.29. The highest BCUT2D eigenvalue weighted by molar-refractivity contribution is 5.74. The summed E-state index contributed by atoms with van der Waals surface area (Å²) in [6.07, 6.45) is 4.78. The maximum atomic E-state index is 12.1. The highest BCUT2D eigenvalue weighted by Gasteiger charge is 2.23. The first-order valence-electron chi connectivity index (χ1n) is 7.29. The minimum absolute atomic E-state index is 0.0472. The average Bonchev–Trinajstić information content (AvgIpc) is 2.85. The maximum absolute atomic E-state index is 12.1. The number of rotatable bonds is 4. The number of urea groups is 1. The van der Waals surface area contributed by atoms with Crippen molar-refractivity contribution in [1.29, 1.82) is 0 Å². The van der Waals surface area contributed by atoms with Crippen molar-refractivity contribution in [1.82, 2.24) is 20.0 Å². The van der Waals surface area contributed by atoms with Crippen molar-refractivity contribution in [3.63, 3.8) is 0 Å². The number of aryl methyl sites for hydroxylation is 2. The molecular weight excluding hydrogens is 256 g/mol. The third-order valence-corrected chi connectivity index (χ3v) is 3.82. The Morgan fingerprint density at radius 1 is 1.60 bits per heavy atom. The number of piperidine rings is 1. The number of aliphatic hydroxyl groups is 1. The second-order valence-electron chi connectivity index (χ2n) is 5.42. The maximum Gasteiger partial charge on any atom is 0.317 e. The van der Waals surface area contributed by atoms with Gasteiger partial charge in [0.2, 0.25) is 0 Å². The molecule has 1 fully saturated rings. The Kier molecular flexibility index (Phi) is 5.00. The average molecular weight is 280 g/mol. The minimum atomic E-state index is -0.0472. The Morgan fingerprint density at radius 2 is 2.40 bits per heavy atom. The van der Waals surface area contributed by atoms with Gasteiger partial charge in [0, 0.05) is 45.0 Å². The van der Waals surface area contributed by atoms with Gasteiger partial charge in [0.15, 0.2) is 0 Å². The van der Waals surface area contributed by atoms with Crippen molar-refractivity contribution in [3.05, 3.63) is 17.5 Å². The number of aliphatic hydroxyl groups excluding tert-OH is 1. The van der Waals surface area contributed by atoms with Crippen LogP contribution in [0, 0.1) is 5.92 Å². The van der Waals surface area contributed by atoms with Gasteiger partial charge >= 0.3 is 6.03 Å². The fourth-order valence-electron chi connectivity index (χ4n) is 2.71. The number of likely N-dealkylation sites (tertiary alicyclic amines) is 1. The summed E-state index contributed by atoms with van der Waals surface area (Å²) in [5, 5.41) is 16.5. The standard InChI is InChI=1S/C14H24N4O2/c1-3-13-12(9-17(2)16-13)7-15-14(20)18-6-4-5-11(8-18)10-19/h9,11,19H,3-8,10H2,1-2H3,(H,15,20). The first kappa shape index (κ1) is 14.8. The molecule has 0 radical (unpaired) electrons. The molecule has 2 amide bonds. The zero-order chi connectivity index (χ0) is 14.5. The van der Waals surface area contributed by atoms with Gasteiger partial charge in [-0.1, -0.05) is 6.92 Å². The molecule has 0 saturated carbocycles. The van der Waals surface area contributed by atoms with Gasteiger partial charge in [0.25, 0.3) is 0 Å². The first-order chi connectivity index (χ1) is 9.63. The summed E-state index contributed by atoms with van der Waals surface area (Å²) >= 11 is 0. The molecule has 20 heavy (non-hydrogen) atoms. The summed E-state index contributed by atoms with van der Waals surface area (Å²) in [6, 6.07) is -0.0472. The number of aromatic nitrogens is 2. The predicted octanol–water partition coefficient (Wildman–Crippen LogP) is 0.896. The molecule has 1 atom stereocenters. The van der Waals surface area contributed by atoms with Crippen molar-refractivity contribution < 1.29 is 9.90 Å². The van der Waals surface area contributed by atoms with E-state index in [0.717, 1.165) is 37.1 Å². The summed E-state index contributed by atoms with van der Waals surface area (Å²) < 4.78 is 1.78. The Balaban J connectivity index is 1.88. The smallest absolute Gasteiger partial charge is 0.317 e. The van der Waals surface area contributed by atoms with Crippen LogP contribution in [0.25, 0.3) is 0 Å². The number of carbonyl (C=O) groups excluding carboxylic acids is 1. The van der Waals surface area contributed by atoms with E-state index in [1.165, 1.54) is 0 Å². The highest BCUT2D eigenvalue weighted by atomic mass is 16.3. The van der Waals surface area contributed by atoms with Gasteiger partial charge in [-0.2, -0.15) is 5.10 Å². The predicted molar refractivity (Wildman–Crippen MR) is 76.2 cm³/mol. The van der Waals surface area contributed by atoms with Gasteiger partial charge in [-0.3, -0.25) is 4.68 Å². The van der Waals surface area contributed by atoms with Crippen LogP contribution in [0.4, 0.5) is 4.79 Å². The van der Waals surface area contributed by atoms with Crippen LogP contribution in [-0.4, -0.2) is 45.5 Å². The molecular formula is C14H24N4O2. The summed E-state index contributed by atoms with van der Waals surface area (Å²) in [5.41, 5.74) is 2.10. The molecule has 2 rings (SSSR count). The van der Waals surface area contributed by atoms with E-state index in [9.17, 15) is 9.90 Å². The van der Waals surface area contributed by atoms with Crippen molar-refractivity contribution in [2.45, 2.75) is 32.7 Å². The SMILES string of the molecule is CCc1nn(C)cc1CNC(=O)N1CCCC(CO)C1. The minimum Gasteiger partial charge on any atom is -0.396 e. The van der Waals surface area contributed by atoms with Gasteiger partial charge in [-0.05, 0) is 25.2 Å². The lowest BCUT2D eigenvalue weighted by molar-refractivity contribution is 0.129. The fraction of sp³-hybridized carbons (Fsp3) is 0.714.